The molecule has 0 heterocycles. The number of nitrogens with one attached hydrogen (secondary N) is 1. The van der Waals surface area contributed by atoms with Gasteiger partial charge in [0.25, 0.3) is 10.0 Å². The van der Waals surface area contributed by atoms with Crippen LogP contribution in [0.25, 0.3) is 0 Å². The molecule has 0 saturated heterocycles. The number of nitrogens with zero attached hydrogens (tertiary/aromatic N) is 1. The van der Waals surface area contributed by atoms with Gasteiger partial charge in [-0.25, -0.2) is 8.42 Å². The first kappa shape index (κ1) is 15.2. The van der Waals surface area contributed by atoms with Gasteiger partial charge in [0.05, 0.1) is 17.5 Å². The van der Waals surface area contributed by atoms with Gasteiger partial charge < -0.3 is 5.73 Å². The number of anilines is 2. The van der Waals surface area contributed by atoms with Crippen LogP contribution in [-0.4, -0.2) is 8.42 Å². The first-order valence-electron chi connectivity index (χ1n) is 5.96. The van der Waals surface area contributed by atoms with Gasteiger partial charge in [0.2, 0.25) is 0 Å². The molecule has 0 radical (unpaired) electrons. The monoisotopic (exact) mass is 321 g/mol. The summed E-state index contributed by atoms with van der Waals surface area (Å²) >= 11 is 5.91. The fraction of sp³-hybridized carbons (Fsp3) is 0.0714. The number of nitrogen functional groups attached to an aromatic ring is 1. The number of benzene rings is 2. The second-order valence-corrected chi connectivity index (χ2v) is 6.39. The number of hydrogen-bond acceptors (Lipinski definition) is 4. The lowest BCUT2D eigenvalue weighted by Crippen LogP contribution is -2.13. The van der Waals surface area contributed by atoms with Gasteiger partial charge in [0.1, 0.15) is 4.90 Å². The van der Waals surface area contributed by atoms with Gasteiger partial charge in [-0.1, -0.05) is 23.7 Å². The largest absolute Gasteiger partial charge is 0.399 e. The van der Waals surface area contributed by atoms with Crippen molar-refractivity contribution in [1.29, 1.82) is 5.26 Å². The molecule has 0 atom stereocenters. The van der Waals surface area contributed by atoms with Crippen LogP contribution < -0.4 is 10.5 Å². The fourth-order valence-electron chi connectivity index (χ4n) is 1.73. The zero-order chi connectivity index (χ0) is 15.5. The molecule has 2 aromatic carbocycles. The summed E-state index contributed by atoms with van der Waals surface area (Å²) in [6, 6.07) is 12.8. The summed E-state index contributed by atoms with van der Waals surface area (Å²) in [5, 5.41) is 8.65. The van der Waals surface area contributed by atoms with Gasteiger partial charge in [-0.2, -0.15) is 5.26 Å². The van der Waals surface area contributed by atoms with Gasteiger partial charge in [0, 0.05) is 11.4 Å². The summed E-state index contributed by atoms with van der Waals surface area (Å²) in [5.41, 5.74) is 7.14. The van der Waals surface area contributed by atoms with Gasteiger partial charge in [-0.05, 0) is 35.9 Å². The molecule has 2 aromatic rings. The predicted octanol–water partition coefficient (Wildman–Crippen LogP) is 2.79. The Morgan fingerprint density at radius 2 is 1.86 bits per heavy atom. The maximum Gasteiger partial charge on any atom is 0.263 e. The molecule has 0 unspecified atom stereocenters. The van der Waals surface area contributed by atoms with Crippen LogP contribution in [0.4, 0.5) is 11.4 Å². The van der Waals surface area contributed by atoms with Crippen LogP contribution in [0.15, 0.2) is 47.4 Å². The van der Waals surface area contributed by atoms with Crippen LogP contribution in [0.3, 0.4) is 0 Å². The summed E-state index contributed by atoms with van der Waals surface area (Å²) in [6.45, 7) is 0. The fourth-order valence-corrected chi connectivity index (χ4v) is 3.34. The minimum absolute atomic E-state index is 0.0422. The summed E-state index contributed by atoms with van der Waals surface area (Å²) in [6.07, 6.45) is 0.275. The molecule has 21 heavy (non-hydrogen) atoms. The summed E-state index contributed by atoms with van der Waals surface area (Å²) in [7, 11) is -3.79. The Labute approximate surface area is 128 Å². The highest BCUT2D eigenvalue weighted by Crippen LogP contribution is 2.25. The Hall–Kier alpha value is -2.23. The third-order valence-corrected chi connectivity index (χ3v) is 4.60. The van der Waals surface area contributed by atoms with Crippen molar-refractivity contribution >= 4 is 33.0 Å². The van der Waals surface area contributed by atoms with E-state index < -0.39 is 10.0 Å². The quantitative estimate of drug-likeness (QED) is 0.846. The van der Waals surface area contributed by atoms with Crippen LogP contribution in [0.1, 0.15) is 5.56 Å². The number of rotatable bonds is 4. The first-order valence-corrected chi connectivity index (χ1v) is 7.82. The van der Waals surface area contributed by atoms with E-state index in [1.54, 1.807) is 24.3 Å². The highest BCUT2D eigenvalue weighted by molar-refractivity contribution is 7.92. The molecule has 0 aromatic heterocycles. The molecule has 0 aliphatic carbocycles. The van der Waals surface area contributed by atoms with Crippen LogP contribution in [-0.2, 0) is 16.4 Å². The van der Waals surface area contributed by atoms with Crippen molar-refractivity contribution in [2.45, 2.75) is 11.3 Å². The van der Waals surface area contributed by atoms with E-state index in [4.69, 9.17) is 22.6 Å². The van der Waals surface area contributed by atoms with Crippen molar-refractivity contribution in [2.75, 3.05) is 10.5 Å². The van der Waals surface area contributed by atoms with Crippen molar-refractivity contribution in [1.82, 2.24) is 0 Å². The van der Waals surface area contributed by atoms with Crippen LogP contribution in [0, 0.1) is 11.3 Å². The predicted molar refractivity (Wildman–Crippen MR) is 82.4 cm³/mol. The molecular weight excluding hydrogens is 310 g/mol. The van der Waals surface area contributed by atoms with Gasteiger partial charge >= 0.3 is 0 Å². The first-order chi connectivity index (χ1) is 9.92. The maximum absolute atomic E-state index is 12.3. The van der Waals surface area contributed by atoms with E-state index in [1.807, 2.05) is 6.07 Å². The standard InChI is InChI=1S/C14H12ClN3O2S/c15-13-9-11(17)3-6-14(13)21(19,20)18-12-4-1-10(2-5-12)7-8-16/h1-6,9,18H,7,17H2. The van der Waals surface area contributed by atoms with Crippen molar-refractivity contribution in [3.05, 3.63) is 53.1 Å². The number of halogens is 1. The minimum Gasteiger partial charge on any atom is -0.399 e. The lowest BCUT2D eigenvalue weighted by atomic mass is 10.1. The zero-order valence-corrected chi connectivity index (χ0v) is 12.4. The molecule has 7 heteroatoms. The summed E-state index contributed by atoms with van der Waals surface area (Å²) in [5.74, 6) is 0. The molecule has 5 nitrogen and oxygen atoms in total. The molecule has 0 aliphatic heterocycles. The highest BCUT2D eigenvalue weighted by atomic mass is 35.5. The third-order valence-electron chi connectivity index (χ3n) is 2.73. The maximum atomic E-state index is 12.3. The van der Waals surface area contributed by atoms with E-state index in [1.165, 1.54) is 18.2 Å². The lowest BCUT2D eigenvalue weighted by molar-refractivity contribution is 0.601. The van der Waals surface area contributed by atoms with E-state index in [2.05, 4.69) is 4.72 Å². The normalized spacial score (nSPS) is 10.9. The van der Waals surface area contributed by atoms with E-state index in [9.17, 15) is 8.42 Å². The molecule has 2 rings (SSSR count). The van der Waals surface area contributed by atoms with Gasteiger partial charge in [0.15, 0.2) is 0 Å². The van der Waals surface area contributed by atoms with E-state index in [0.29, 0.717) is 11.4 Å². The van der Waals surface area contributed by atoms with Crippen molar-refractivity contribution in [3.63, 3.8) is 0 Å². The second-order valence-electron chi connectivity index (χ2n) is 4.33. The molecule has 3 N–H and O–H groups in total. The second kappa shape index (κ2) is 6.04. The van der Waals surface area contributed by atoms with Gasteiger partial charge in [-0.15, -0.1) is 0 Å². The van der Waals surface area contributed by atoms with Crippen LogP contribution >= 0.6 is 11.6 Å². The summed E-state index contributed by atoms with van der Waals surface area (Å²) < 4.78 is 26.9. The van der Waals surface area contributed by atoms with Crippen LogP contribution in [0.5, 0.6) is 0 Å². The Balaban J connectivity index is 2.27. The Morgan fingerprint density at radius 3 is 2.43 bits per heavy atom. The SMILES string of the molecule is N#CCc1ccc(NS(=O)(=O)c2ccc(N)cc2Cl)cc1. The number of nitriles is 1. The number of nitrogens with two attached hydrogens (primary N) is 1. The summed E-state index contributed by atoms with van der Waals surface area (Å²) in [4.78, 5) is -0.0422. The smallest absolute Gasteiger partial charge is 0.263 e. The molecule has 108 valence electrons. The van der Waals surface area contributed by atoms with Crippen molar-refractivity contribution < 1.29 is 8.42 Å². The molecular formula is C14H12ClN3O2S. The third kappa shape index (κ3) is 3.66. The van der Waals surface area contributed by atoms with E-state index in [-0.39, 0.29) is 16.3 Å². The average molecular weight is 322 g/mol. The minimum atomic E-state index is -3.79. The topological polar surface area (TPSA) is 96.0 Å². The molecule has 0 fully saturated rings. The molecule has 0 saturated carbocycles. The highest BCUT2D eigenvalue weighted by Gasteiger charge is 2.18. The number of hydrogen-bond donors (Lipinski definition) is 2. The lowest BCUT2D eigenvalue weighted by Gasteiger charge is -2.10. The molecule has 0 aliphatic rings. The average Bonchev–Trinajstić information content (AvgIpc) is 2.40. The van der Waals surface area contributed by atoms with E-state index in [0.717, 1.165) is 5.56 Å². The van der Waals surface area contributed by atoms with E-state index >= 15 is 0 Å². The zero-order valence-electron chi connectivity index (χ0n) is 10.9. The van der Waals surface area contributed by atoms with Crippen molar-refractivity contribution in [2.24, 2.45) is 0 Å². The van der Waals surface area contributed by atoms with Crippen LogP contribution in [0.2, 0.25) is 5.02 Å². The van der Waals surface area contributed by atoms with Crippen molar-refractivity contribution in [3.8, 4) is 6.07 Å². The number of sulfonamides is 1. The molecule has 0 amide bonds. The Bertz CT molecular complexity index is 796. The Morgan fingerprint density at radius 1 is 1.19 bits per heavy atom. The molecule has 0 bridgehead atoms. The van der Waals surface area contributed by atoms with Gasteiger partial charge in [-0.3, -0.25) is 4.72 Å². The molecule has 0 spiro atoms. The Kier molecular flexibility index (Phi) is 4.36.